The first-order valence-corrected chi connectivity index (χ1v) is 7.07. The fourth-order valence-corrected chi connectivity index (χ4v) is 2.35. The number of aromatic nitrogens is 1. The van der Waals surface area contributed by atoms with E-state index in [1.54, 1.807) is 12.1 Å². The third kappa shape index (κ3) is 3.78. The summed E-state index contributed by atoms with van der Waals surface area (Å²) in [6, 6.07) is 8.68. The molecule has 0 saturated heterocycles. The van der Waals surface area contributed by atoms with Crippen molar-refractivity contribution >= 4 is 11.6 Å². The van der Waals surface area contributed by atoms with Crippen LogP contribution in [0.4, 0.5) is 4.39 Å². The molecule has 1 aromatic carbocycles. The Morgan fingerprint density at radius 3 is 2.75 bits per heavy atom. The Morgan fingerprint density at radius 1 is 1.30 bits per heavy atom. The van der Waals surface area contributed by atoms with Gasteiger partial charge in [0.1, 0.15) is 5.82 Å². The van der Waals surface area contributed by atoms with E-state index < -0.39 is 0 Å². The van der Waals surface area contributed by atoms with Crippen LogP contribution in [0.1, 0.15) is 29.8 Å². The molecule has 1 N–H and O–H groups in total. The van der Waals surface area contributed by atoms with Crippen molar-refractivity contribution in [2.24, 2.45) is 0 Å². The number of hydrogen-bond acceptors (Lipinski definition) is 2. The van der Waals surface area contributed by atoms with Gasteiger partial charge in [-0.1, -0.05) is 24.6 Å². The van der Waals surface area contributed by atoms with Gasteiger partial charge in [-0.05, 0) is 55.3 Å². The quantitative estimate of drug-likeness (QED) is 0.898. The van der Waals surface area contributed by atoms with E-state index in [0.29, 0.717) is 17.0 Å². The molecule has 0 spiro atoms. The van der Waals surface area contributed by atoms with Gasteiger partial charge >= 0.3 is 0 Å². The highest BCUT2D eigenvalue weighted by molar-refractivity contribution is 6.30. The van der Waals surface area contributed by atoms with Crippen LogP contribution in [0.2, 0.25) is 5.02 Å². The first-order chi connectivity index (χ1) is 9.60. The van der Waals surface area contributed by atoms with E-state index in [9.17, 15) is 4.39 Å². The third-order valence-electron chi connectivity index (χ3n) is 3.22. The van der Waals surface area contributed by atoms with Gasteiger partial charge in [-0.25, -0.2) is 4.39 Å². The highest BCUT2D eigenvalue weighted by Crippen LogP contribution is 2.22. The average molecular weight is 293 g/mol. The Hall–Kier alpha value is -1.45. The molecular formula is C16H18ClFN2. The molecule has 1 heterocycles. The number of benzene rings is 1. The second-order valence-corrected chi connectivity index (χ2v) is 5.22. The van der Waals surface area contributed by atoms with Crippen LogP contribution in [-0.4, -0.2) is 11.5 Å². The number of nitrogens with zero attached hydrogens (tertiary/aromatic N) is 1. The molecule has 0 aliphatic heterocycles. The largest absolute Gasteiger partial charge is 0.310 e. The van der Waals surface area contributed by atoms with Gasteiger partial charge in [-0.15, -0.1) is 0 Å². The summed E-state index contributed by atoms with van der Waals surface area (Å²) >= 11 is 5.94. The molecule has 1 aromatic heterocycles. The van der Waals surface area contributed by atoms with E-state index in [1.165, 1.54) is 6.07 Å². The minimum Gasteiger partial charge on any atom is -0.310 e. The van der Waals surface area contributed by atoms with Gasteiger partial charge in [-0.2, -0.15) is 0 Å². The lowest BCUT2D eigenvalue weighted by Crippen LogP contribution is -2.23. The first-order valence-electron chi connectivity index (χ1n) is 6.70. The van der Waals surface area contributed by atoms with Gasteiger partial charge < -0.3 is 5.32 Å². The summed E-state index contributed by atoms with van der Waals surface area (Å²) in [6.07, 6.45) is 2.39. The van der Waals surface area contributed by atoms with Gasteiger partial charge in [0.2, 0.25) is 0 Å². The zero-order valence-corrected chi connectivity index (χ0v) is 12.4. The Kier molecular flexibility index (Phi) is 5.10. The van der Waals surface area contributed by atoms with Crippen LogP contribution >= 0.6 is 11.6 Å². The molecule has 1 unspecified atom stereocenters. The molecule has 2 nitrogen and oxygen atoms in total. The zero-order valence-electron chi connectivity index (χ0n) is 11.7. The number of pyridine rings is 1. The molecule has 0 amide bonds. The van der Waals surface area contributed by atoms with Crippen molar-refractivity contribution in [2.75, 3.05) is 6.54 Å². The first kappa shape index (κ1) is 14.9. The maximum Gasteiger partial charge on any atom is 0.126 e. The van der Waals surface area contributed by atoms with Crippen LogP contribution in [0, 0.1) is 12.7 Å². The molecule has 0 saturated carbocycles. The molecule has 20 heavy (non-hydrogen) atoms. The second-order valence-electron chi connectivity index (χ2n) is 4.78. The van der Waals surface area contributed by atoms with Crippen LogP contribution < -0.4 is 5.32 Å². The molecule has 2 rings (SSSR count). The van der Waals surface area contributed by atoms with Crippen molar-refractivity contribution in [3.8, 4) is 0 Å². The number of halogens is 2. The van der Waals surface area contributed by atoms with Gasteiger partial charge in [0.15, 0.2) is 0 Å². The summed E-state index contributed by atoms with van der Waals surface area (Å²) < 4.78 is 13.8. The lowest BCUT2D eigenvalue weighted by atomic mass is 9.99. The maximum atomic E-state index is 13.8. The van der Waals surface area contributed by atoms with Crippen molar-refractivity contribution in [1.82, 2.24) is 10.3 Å². The molecule has 0 bridgehead atoms. The Bertz CT molecular complexity index is 569. The minimum absolute atomic E-state index is 0.0288. The SMILES string of the molecule is CCNC(Cc1cc(Cl)ccc1F)c1ccc(C)nc1. The fourth-order valence-electron chi connectivity index (χ4n) is 2.16. The van der Waals surface area contributed by atoms with Crippen LogP contribution in [0.5, 0.6) is 0 Å². The van der Waals surface area contributed by atoms with Crippen LogP contribution in [0.3, 0.4) is 0 Å². The molecule has 0 radical (unpaired) electrons. The van der Waals surface area contributed by atoms with Gasteiger partial charge in [0.05, 0.1) is 0 Å². The van der Waals surface area contributed by atoms with Crippen molar-refractivity contribution in [3.63, 3.8) is 0 Å². The number of likely N-dealkylation sites (N-methyl/N-ethyl adjacent to an activating group) is 1. The highest BCUT2D eigenvalue weighted by Gasteiger charge is 2.14. The Labute approximate surface area is 124 Å². The molecule has 106 valence electrons. The summed E-state index contributed by atoms with van der Waals surface area (Å²) in [5.41, 5.74) is 2.64. The lowest BCUT2D eigenvalue weighted by molar-refractivity contribution is 0.526. The van der Waals surface area contributed by atoms with Gasteiger partial charge in [0.25, 0.3) is 0 Å². The van der Waals surface area contributed by atoms with Gasteiger partial charge in [0, 0.05) is 23.0 Å². The maximum absolute atomic E-state index is 13.8. The van der Waals surface area contributed by atoms with E-state index in [0.717, 1.165) is 17.8 Å². The summed E-state index contributed by atoms with van der Waals surface area (Å²) in [4.78, 5) is 4.30. The van der Waals surface area contributed by atoms with E-state index >= 15 is 0 Å². The predicted molar refractivity (Wildman–Crippen MR) is 80.5 cm³/mol. The van der Waals surface area contributed by atoms with E-state index in [-0.39, 0.29) is 11.9 Å². The smallest absolute Gasteiger partial charge is 0.126 e. The fraction of sp³-hybridized carbons (Fsp3) is 0.312. The number of nitrogens with one attached hydrogen (secondary N) is 1. The van der Waals surface area contributed by atoms with E-state index in [2.05, 4.69) is 10.3 Å². The van der Waals surface area contributed by atoms with Gasteiger partial charge in [-0.3, -0.25) is 4.98 Å². The van der Waals surface area contributed by atoms with Crippen molar-refractivity contribution in [2.45, 2.75) is 26.3 Å². The van der Waals surface area contributed by atoms with Crippen LogP contribution in [0.25, 0.3) is 0 Å². The highest BCUT2D eigenvalue weighted by atomic mass is 35.5. The number of aryl methyl sites for hydroxylation is 1. The Balaban J connectivity index is 2.25. The normalized spacial score (nSPS) is 12.4. The molecule has 2 aromatic rings. The summed E-state index contributed by atoms with van der Waals surface area (Å²) in [5.74, 6) is -0.225. The molecule has 0 fully saturated rings. The van der Waals surface area contributed by atoms with Crippen molar-refractivity contribution < 1.29 is 4.39 Å². The summed E-state index contributed by atoms with van der Waals surface area (Å²) in [5, 5.41) is 3.92. The zero-order chi connectivity index (χ0) is 14.5. The monoisotopic (exact) mass is 292 g/mol. The minimum atomic E-state index is -0.225. The average Bonchev–Trinajstić information content (AvgIpc) is 2.43. The second kappa shape index (κ2) is 6.82. The van der Waals surface area contributed by atoms with Crippen molar-refractivity contribution in [1.29, 1.82) is 0 Å². The molecule has 0 aliphatic carbocycles. The van der Waals surface area contributed by atoms with E-state index in [1.807, 2.05) is 32.2 Å². The van der Waals surface area contributed by atoms with Crippen molar-refractivity contribution in [3.05, 3.63) is 64.2 Å². The van der Waals surface area contributed by atoms with E-state index in [4.69, 9.17) is 11.6 Å². The topological polar surface area (TPSA) is 24.9 Å². The number of rotatable bonds is 5. The predicted octanol–water partition coefficient (Wildman–Crippen LogP) is 4.08. The lowest BCUT2D eigenvalue weighted by Gasteiger charge is -2.19. The molecule has 0 aliphatic rings. The standard InChI is InChI=1S/C16H18ClFN2/c1-3-19-16(12-5-4-11(2)20-10-12)9-13-8-14(17)6-7-15(13)18/h4-8,10,16,19H,3,9H2,1-2H3. The molecule has 4 heteroatoms. The molecule has 1 atom stereocenters. The summed E-state index contributed by atoms with van der Waals surface area (Å²) in [6.45, 7) is 4.78. The van der Waals surface area contributed by atoms with Crippen LogP contribution in [-0.2, 0) is 6.42 Å². The number of hydrogen-bond donors (Lipinski definition) is 1. The summed E-state index contributed by atoms with van der Waals surface area (Å²) in [7, 11) is 0. The van der Waals surface area contributed by atoms with Crippen LogP contribution in [0.15, 0.2) is 36.5 Å². The Morgan fingerprint density at radius 2 is 2.10 bits per heavy atom. The third-order valence-corrected chi connectivity index (χ3v) is 3.45. The molecular weight excluding hydrogens is 275 g/mol.